The van der Waals surface area contributed by atoms with Gasteiger partial charge in [-0.05, 0) is 56.2 Å². The Bertz CT molecular complexity index is 481. The average Bonchev–Trinajstić information content (AvgIpc) is 2.57. The summed E-state index contributed by atoms with van der Waals surface area (Å²) in [5, 5.41) is 0.817. The molecule has 2 fully saturated rings. The summed E-state index contributed by atoms with van der Waals surface area (Å²) in [5.41, 5.74) is 1.42. The summed E-state index contributed by atoms with van der Waals surface area (Å²) >= 11 is 5.97. The molecular formula is C19H25ClO2. The molecular weight excluding hydrogens is 296 g/mol. The van der Waals surface area contributed by atoms with Crippen molar-refractivity contribution in [3.63, 3.8) is 0 Å². The highest BCUT2D eigenvalue weighted by atomic mass is 35.5. The third-order valence-corrected chi connectivity index (χ3v) is 5.16. The number of benzene rings is 1. The fourth-order valence-corrected chi connectivity index (χ4v) is 3.77. The molecule has 1 saturated heterocycles. The molecule has 3 heteroatoms. The van der Waals surface area contributed by atoms with Gasteiger partial charge in [0.2, 0.25) is 0 Å². The molecule has 3 rings (SSSR count). The summed E-state index contributed by atoms with van der Waals surface area (Å²) in [6.45, 7) is 3.64. The topological polar surface area (TPSA) is 18.5 Å². The van der Waals surface area contributed by atoms with Gasteiger partial charge in [-0.3, -0.25) is 0 Å². The van der Waals surface area contributed by atoms with E-state index in [1.165, 1.54) is 31.2 Å². The minimum absolute atomic E-state index is 0.00711. The molecule has 0 radical (unpaired) electrons. The van der Waals surface area contributed by atoms with E-state index in [9.17, 15) is 0 Å². The van der Waals surface area contributed by atoms with Gasteiger partial charge in [0.1, 0.15) is 0 Å². The zero-order valence-corrected chi connectivity index (χ0v) is 14.0. The van der Waals surface area contributed by atoms with E-state index in [0.717, 1.165) is 18.2 Å². The zero-order valence-electron chi connectivity index (χ0n) is 13.2. The molecule has 0 spiro atoms. The summed E-state index contributed by atoms with van der Waals surface area (Å²) in [6, 6.07) is 8.33. The van der Waals surface area contributed by atoms with Crippen molar-refractivity contribution in [2.75, 3.05) is 13.2 Å². The molecule has 0 bridgehead atoms. The van der Waals surface area contributed by atoms with Gasteiger partial charge in [-0.2, -0.15) is 0 Å². The molecule has 1 saturated carbocycles. The Hall–Kier alpha value is -0.830. The van der Waals surface area contributed by atoms with Gasteiger partial charge in [-0.15, -0.1) is 0 Å². The molecule has 2 aliphatic rings. The first kappa shape index (κ1) is 16.0. The molecule has 1 heterocycles. The zero-order chi connectivity index (χ0) is 15.4. The lowest BCUT2D eigenvalue weighted by Crippen LogP contribution is -2.37. The molecule has 2 nitrogen and oxygen atoms in total. The molecule has 1 aliphatic carbocycles. The number of ether oxygens (including phenoxy) is 2. The third kappa shape index (κ3) is 3.92. The van der Waals surface area contributed by atoms with Crippen LogP contribution in [0.5, 0.6) is 0 Å². The molecule has 0 atom stereocenters. The first-order valence-electron chi connectivity index (χ1n) is 8.37. The molecule has 0 unspecified atom stereocenters. The number of allylic oxidation sites excluding steroid dienone is 1. The van der Waals surface area contributed by atoms with E-state index in [1.54, 1.807) is 0 Å². The van der Waals surface area contributed by atoms with Crippen molar-refractivity contribution >= 4 is 11.6 Å². The highest BCUT2D eigenvalue weighted by molar-refractivity contribution is 6.30. The van der Waals surface area contributed by atoms with Crippen molar-refractivity contribution in [3.8, 4) is 0 Å². The van der Waals surface area contributed by atoms with Crippen molar-refractivity contribution in [1.29, 1.82) is 0 Å². The maximum absolute atomic E-state index is 5.97. The summed E-state index contributed by atoms with van der Waals surface area (Å²) in [6.07, 6.45) is 9.07. The van der Waals surface area contributed by atoms with E-state index in [-0.39, 0.29) is 6.29 Å². The van der Waals surface area contributed by atoms with Crippen LogP contribution >= 0.6 is 11.6 Å². The molecule has 0 amide bonds. The van der Waals surface area contributed by atoms with Crippen LogP contribution in [0.4, 0.5) is 0 Å². The predicted molar refractivity (Wildman–Crippen MR) is 90.1 cm³/mol. The molecule has 0 N–H and O–H groups in total. The number of rotatable bonds is 3. The van der Waals surface area contributed by atoms with E-state index in [0.29, 0.717) is 17.8 Å². The van der Waals surface area contributed by atoms with Gasteiger partial charge in [-0.1, -0.05) is 35.9 Å². The van der Waals surface area contributed by atoms with E-state index in [2.05, 4.69) is 24.3 Å². The van der Waals surface area contributed by atoms with Gasteiger partial charge in [0, 0.05) is 16.9 Å². The fraction of sp³-hybridized carbons (Fsp3) is 0.579. The van der Waals surface area contributed by atoms with Crippen LogP contribution in [-0.2, 0) is 9.47 Å². The summed E-state index contributed by atoms with van der Waals surface area (Å²) in [7, 11) is 0. The Kier molecular flexibility index (Phi) is 5.56. The smallest absolute Gasteiger partial charge is 0.160 e. The fourth-order valence-electron chi connectivity index (χ4n) is 3.65. The van der Waals surface area contributed by atoms with Gasteiger partial charge >= 0.3 is 0 Å². The van der Waals surface area contributed by atoms with Crippen molar-refractivity contribution in [2.45, 2.75) is 44.8 Å². The molecule has 1 aromatic carbocycles. The molecule has 1 aromatic rings. The molecule has 1 aliphatic heterocycles. The van der Waals surface area contributed by atoms with E-state index < -0.39 is 0 Å². The van der Waals surface area contributed by atoms with Crippen LogP contribution in [0.2, 0.25) is 5.02 Å². The Morgan fingerprint density at radius 1 is 1.00 bits per heavy atom. The van der Waals surface area contributed by atoms with E-state index in [4.69, 9.17) is 21.1 Å². The van der Waals surface area contributed by atoms with Crippen LogP contribution < -0.4 is 0 Å². The first-order valence-corrected chi connectivity index (χ1v) is 8.75. The van der Waals surface area contributed by atoms with Crippen molar-refractivity contribution in [1.82, 2.24) is 0 Å². The standard InChI is InChI=1S/C19H25ClO2/c1-2-3-14-12-21-19(22-13-14)17-6-4-15(5-7-17)16-8-10-18(20)11-9-16/h2-3,8-11,14-15,17,19H,4-7,12-13H2,1H3/b3-2+/t14-,15?,17?,19-. The van der Waals surface area contributed by atoms with Gasteiger partial charge < -0.3 is 9.47 Å². The second kappa shape index (κ2) is 7.63. The SMILES string of the molecule is C/C=C/[C@H]1CO[C@H](C2CCC(c3ccc(Cl)cc3)CC2)OC1. The Balaban J connectivity index is 1.49. The lowest BCUT2D eigenvalue weighted by atomic mass is 9.78. The lowest BCUT2D eigenvalue weighted by Gasteiger charge is -2.37. The monoisotopic (exact) mass is 320 g/mol. The quantitative estimate of drug-likeness (QED) is 0.714. The van der Waals surface area contributed by atoms with Crippen LogP contribution in [-0.4, -0.2) is 19.5 Å². The maximum Gasteiger partial charge on any atom is 0.160 e. The summed E-state index contributed by atoms with van der Waals surface area (Å²) < 4.78 is 11.9. The van der Waals surface area contributed by atoms with Gasteiger partial charge in [0.15, 0.2) is 6.29 Å². The normalized spacial score (nSPS) is 33.2. The Labute approximate surface area is 138 Å². The largest absolute Gasteiger partial charge is 0.352 e. The lowest BCUT2D eigenvalue weighted by molar-refractivity contribution is -0.222. The van der Waals surface area contributed by atoms with Crippen LogP contribution in [0, 0.1) is 11.8 Å². The van der Waals surface area contributed by atoms with E-state index >= 15 is 0 Å². The van der Waals surface area contributed by atoms with Crippen LogP contribution in [0.1, 0.15) is 44.1 Å². The average molecular weight is 321 g/mol. The van der Waals surface area contributed by atoms with Gasteiger partial charge in [0.25, 0.3) is 0 Å². The van der Waals surface area contributed by atoms with Crippen LogP contribution in [0.15, 0.2) is 36.4 Å². The van der Waals surface area contributed by atoms with Crippen molar-refractivity contribution in [3.05, 3.63) is 47.0 Å². The number of hydrogen-bond acceptors (Lipinski definition) is 2. The Morgan fingerprint density at radius 3 is 2.23 bits per heavy atom. The number of hydrogen-bond donors (Lipinski definition) is 0. The highest BCUT2D eigenvalue weighted by Gasteiger charge is 2.32. The number of halogens is 1. The van der Waals surface area contributed by atoms with Gasteiger partial charge in [0.05, 0.1) is 13.2 Å². The second-order valence-corrected chi connectivity index (χ2v) is 6.92. The minimum atomic E-state index is 0.00711. The highest BCUT2D eigenvalue weighted by Crippen LogP contribution is 2.39. The van der Waals surface area contributed by atoms with Crippen LogP contribution in [0.25, 0.3) is 0 Å². The van der Waals surface area contributed by atoms with Crippen LogP contribution in [0.3, 0.4) is 0 Å². The van der Waals surface area contributed by atoms with Crippen molar-refractivity contribution in [2.24, 2.45) is 11.8 Å². The molecule has 120 valence electrons. The summed E-state index contributed by atoms with van der Waals surface area (Å²) in [4.78, 5) is 0. The van der Waals surface area contributed by atoms with E-state index in [1.807, 2.05) is 19.1 Å². The minimum Gasteiger partial charge on any atom is -0.352 e. The second-order valence-electron chi connectivity index (χ2n) is 6.48. The maximum atomic E-state index is 5.97. The summed E-state index contributed by atoms with van der Waals surface area (Å²) in [5.74, 6) is 1.63. The first-order chi connectivity index (χ1) is 10.8. The third-order valence-electron chi connectivity index (χ3n) is 4.91. The predicted octanol–water partition coefficient (Wildman–Crippen LogP) is 5.18. The van der Waals surface area contributed by atoms with Crippen molar-refractivity contribution < 1.29 is 9.47 Å². The molecule has 0 aromatic heterocycles. The van der Waals surface area contributed by atoms with Gasteiger partial charge in [-0.25, -0.2) is 0 Å². The Morgan fingerprint density at radius 2 is 1.64 bits per heavy atom. The molecule has 22 heavy (non-hydrogen) atoms.